The van der Waals surface area contributed by atoms with Crippen molar-refractivity contribution in [3.63, 3.8) is 0 Å². The number of hydrogen-bond acceptors (Lipinski definition) is 4. The summed E-state index contributed by atoms with van der Waals surface area (Å²) >= 11 is 6.03. The second-order valence-electron chi connectivity index (χ2n) is 5.55. The van der Waals surface area contributed by atoms with Gasteiger partial charge in [-0.25, -0.2) is 0 Å². The van der Waals surface area contributed by atoms with Gasteiger partial charge in [0.25, 0.3) is 5.91 Å². The Morgan fingerprint density at radius 2 is 2.30 bits per heavy atom. The molecule has 122 valence electrons. The second kappa shape index (κ2) is 6.58. The average molecular weight is 335 g/mol. The lowest BCUT2D eigenvalue weighted by atomic mass is 10.1. The van der Waals surface area contributed by atoms with Gasteiger partial charge in [0.15, 0.2) is 0 Å². The predicted octanol–water partition coefficient (Wildman–Crippen LogP) is 2.59. The molecule has 1 aromatic carbocycles. The maximum absolute atomic E-state index is 12.8. The van der Waals surface area contributed by atoms with E-state index in [9.17, 15) is 4.79 Å². The first-order chi connectivity index (χ1) is 11.1. The van der Waals surface area contributed by atoms with E-state index in [0.717, 1.165) is 18.7 Å². The number of benzene rings is 1. The lowest BCUT2D eigenvalue weighted by Crippen LogP contribution is -2.29. The summed E-state index contributed by atoms with van der Waals surface area (Å²) in [4.78, 5) is 14.6. The SMILES string of the molecule is CCc1nncn1C1CCN(C(=O)c2cc(Cl)ccc2OC)C1. The number of likely N-dealkylation sites (tertiary alicyclic amines) is 1. The van der Waals surface area contributed by atoms with Crippen LogP contribution in [-0.4, -0.2) is 45.8 Å². The lowest BCUT2D eigenvalue weighted by molar-refractivity contribution is 0.0784. The molecule has 1 unspecified atom stereocenters. The third kappa shape index (κ3) is 3.03. The zero-order valence-corrected chi connectivity index (χ0v) is 14.0. The van der Waals surface area contributed by atoms with Crippen molar-refractivity contribution in [3.05, 3.63) is 40.9 Å². The third-order valence-corrected chi connectivity index (χ3v) is 4.43. The maximum Gasteiger partial charge on any atom is 0.257 e. The fourth-order valence-corrected chi connectivity index (χ4v) is 3.17. The molecule has 1 aliphatic heterocycles. The summed E-state index contributed by atoms with van der Waals surface area (Å²) in [7, 11) is 1.55. The fraction of sp³-hybridized carbons (Fsp3) is 0.438. The van der Waals surface area contributed by atoms with Crippen molar-refractivity contribution < 1.29 is 9.53 Å². The summed E-state index contributed by atoms with van der Waals surface area (Å²) in [5.74, 6) is 1.43. The molecular weight excluding hydrogens is 316 g/mol. The van der Waals surface area contributed by atoms with Crippen LogP contribution in [0.5, 0.6) is 5.75 Å². The summed E-state index contributed by atoms with van der Waals surface area (Å²) < 4.78 is 7.36. The Hall–Kier alpha value is -2.08. The van der Waals surface area contributed by atoms with Crippen LogP contribution in [0.3, 0.4) is 0 Å². The Kier molecular flexibility index (Phi) is 4.52. The minimum absolute atomic E-state index is 0.0574. The third-order valence-electron chi connectivity index (χ3n) is 4.20. The van der Waals surface area contributed by atoms with Gasteiger partial charge in [0.05, 0.1) is 18.7 Å². The van der Waals surface area contributed by atoms with E-state index in [2.05, 4.69) is 21.7 Å². The van der Waals surface area contributed by atoms with Gasteiger partial charge in [-0.3, -0.25) is 4.79 Å². The molecule has 6 nitrogen and oxygen atoms in total. The van der Waals surface area contributed by atoms with Crippen molar-refractivity contribution in [2.24, 2.45) is 0 Å². The number of aryl methyl sites for hydroxylation is 1. The molecule has 1 atom stereocenters. The van der Waals surface area contributed by atoms with Crippen molar-refractivity contribution >= 4 is 17.5 Å². The van der Waals surface area contributed by atoms with E-state index in [4.69, 9.17) is 16.3 Å². The topological polar surface area (TPSA) is 60.2 Å². The maximum atomic E-state index is 12.8. The normalized spacial score (nSPS) is 17.5. The van der Waals surface area contributed by atoms with Crippen molar-refractivity contribution in [1.82, 2.24) is 19.7 Å². The number of halogens is 1. The van der Waals surface area contributed by atoms with E-state index in [1.807, 2.05) is 4.90 Å². The molecule has 3 rings (SSSR count). The summed E-state index contributed by atoms with van der Waals surface area (Å²) in [6, 6.07) is 5.31. The van der Waals surface area contributed by atoms with E-state index in [1.165, 1.54) is 0 Å². The van der Waals surface area contributed by atoms with Crippen LogP contribution in [0, 0.1) is 0 Å². The first kappa shape index (κ1) is 15.8. The van der Waals surface area contributed by atoms with Gasteiger partial charge in [-0.15, -0.1) is 10.2 Å². The highest BCUT2D eigenvalue weighted by Gasteiger charge is 2.30. The number of rotatable bonds is 4. The number of hydrogen-bond donors (Lipinski definition) is 0. The minimum atomic E-state index is -0.0574. The minimum Gasteiger partial charge on any atom is -0.496 e. The number of amides is 1. The molecule has 1 aliphatic rings. The zero-order chi connectivity index (χ0) is 16.4. The molecule has 0 N–H and O–H groups in total. The van der Waals surface area contributed by atoms with Crippen molar-refractivity contribution in [3.8, 4) is 5.75 Å². The van der Waals surface area contributed by atoms with Crippen LogP contribution in [0.15, 0.2) is 24.5 Å². The molecule has 0 saturated carbocycles. The molecule has 1 fully saturated rings. The van der Waals surface area contributed by atoms with E-state index < -0.39 is 0 Å². The lowest BCUT2D eigenvalue weighted by Gasteiger charge is -2.19. The molecule has 2 aromatic rings. The highest BCUT2D eigenvalue weighted by Crippen LogP contribution is 2.28. The number of methoxy groups -OCH3 is 1. The van der Waals surface area contributed by atoms with Crippen LogP contribution < -0.4 is 4.74 Å². The van der Waals surface area contributed by atoms with Crippen LogP contribution in [-0.2, 0) is 6.42 Å². The molecule has 0 bridgehead atoms. The summed E-state index contributed by atoms with van der Waals surface area (Å²) in [6.45, 7) is 3.38. The highest BCUT2D eigenvalue weighted by molar-refractivity contribution is 6.31. The van der Waals surface area contributed by atoms with Crippen molar-refractivity contribution in [2.45, 2.75) is 25.8 Å². The average Bonchev–Trinajstić information content (AvgIpc) is 3.22. The smallest absolute Gasteiger partial charge is 0.257 e. The molecule has 0 radical (unpaired) electrons. The van der Waals surface area contributed by atoms with E-state index in [0.29, 0.717) is 29.4 Å². The van der Waals surface area contributed by atoms with Crippen LogP contribution in [0.25, 0.3) is 0 Å². The molecule has 0 spiro atoms. The summed E-state index contributed by atoms with van der Waals surface area (Å²) in [5.41, 5.74) is 0.500. The Bertz CT molecular complexity index is 716. The van der Waals surface area contributed by atoms with Gasteiger partial charge in [-0.1, -0.05) is 18.5 Å². The summed E-state index contributed by atoms with van der Waals surface area (Å²) in [5, 5.41) is 8.62. The number of carbonyl (C=O) groups is 1. The molecule has 1 amide bonds. The standard InChI is InChI=1S/C16H19ClN4O2/c1-3-15-19-18-10-21(15)12-6-7-20(9-12)16(22)13-8-11(17)4-5-14(13)23-2/h4-5,8,10,12H,3,6-7,9H2,1-2H3. The second-order valence-corrected chi connectivity index (χ2v) is 5.98. The van der Waals surface area contributed by atoms with Crippen LogP contribution in [0.2, 0.25) is 5.02 Å². The Balaban J connectivity index is 1.79. The van der Waals surface area contributed by atoms with Gasteiger partial charge in [0.1, 0.15) is 17.9 Å². The number of ether oxygens (including phenoxy) is 1. The number of carbonyl (C=O) groups excluding carboxylic acids is 1. The van der Waals surface area contributed by atoms with E-state index in [-0.39, 0.29) is 11.9 Å². The summed E-state index contributed by atoms with van der Waals surface area (Å²) in [6.07, 6.45) is 3.46. The largest absolute Gasteiger partial charge is 0.496 e. The number of aromatic nitrogens is 3. The Morgan fingerprint density at radius 3 is 3.04 bits per heavy atom. The fourth-order valence-electron chi connectivity index (χ4n) is 3.00. The van der Waals surface area contributed by atoms with Crippen molar-refractivity contribution in [2.75, 3.05) is 20.2 Å². The molecule has 7 heteroatoms. The monoisotopic (exact) mass is 334 g/mol. The molecular formula is C16H19ClN4O2. The molecule has 0 aliphatic carbocycles. The zero-order valence-electron chi connectivity index (χ0n) is 13.2. The molecule has 2 heterocycles. The van der Waals surface area contributed by atoms with Crippen LogP contribution in [0.4, 0.5) is 0 Å². The quantitative estimate of drug-likeness (QED) is 0.862. The van der Waals surface area contributed by atoms with Gasteiger partial charge < -0.3 is 14.2 Å². The van der Waals surface area contributed by atoms with Crippen LogP contribution >= 0.6 is 11.6 Å². The van der Waals surface area contributed by atoms with Gasteiger partial charge in [0, 0.05) is 24.5 Å². The van der Waals surface area contributed by atoms with E-state index in [1.54, 1.807) is 31.6 Å². The Morgan fingerprint density at radius 1 is 1.48 bits per heavy atom. The van der Waals surface area contributed by atoms with E-state index >= 15 is 0 Å². The predicted molar refractivity (Wildman–Crippen MR) is 87.0 cm³/mol. The Labute approximate surface area is 140 Å². The highest BCUT2D eigenvalue weighted by atomic mass is 35.5. The van der Waals surface area contributed by atoms with Crippen LogP contribution in [0.1, 0.15) is 35.6 Å². The number of nitrogens with zero attached hydrogens (tertiary/aromatic N) is 4. The van der Waals surface area contributed by atoms with Gasteiger partial charge in [0.2, 0.25) is 0 Å². The first-order valence-corrected chi connectivity index (χ1v) is 8.03. The molecule has 1 saturated heterocycles. The van der Waals surface area contributed by atoms with Gasteiger partial charge >= 0.3 is 0 Å². The molecule has 23 heavy (non-hydrogen) atoms. The van der Waals surface area contributed by atoms with Gasteiger partial charge in [-0.05, 0) is 24.6 Å². The van der Waals surface area contributed by atoms with Crippen molar-refractivity contribution in [1.29, 1.82) is 0 Å². The first-order valence-electron chi connectivity index (χ1n) is 7.65. The van der Waals surface area contributed by atoms with Gasteiger partial charge in [-0.2, -0.15) is 0 Å². The molecule has 1 aromatic heterocycles.